The Balaban J connectivity index is 2.39. The van der Waals surface area contributed by atoms with Crippen LogP contribution in [0.3, 0.4) is 0 Å². The monoisotopic (exact) mass is 318 g/mol. The van der Waals surface area contributed by atoms with Crippen molar-refractivity contribution in [3.8, 4) is 11.5 Å². The van der Waals surface area contributed by atoms with Crippen molar-refractivity contribution in [2.75, 3.05) is 13.1 Å². The number of rotatable bonds is 8. The summed E-state index contributed by atoms with van der Waals surface area (Å²) in [5.74, 6) is -0.560. The molecule has 0 radical (unpaired) electrons. The molecule has 0 unspecified atom stereocenters. The average molecular weight is 318 g/mol. The first-order valence-electron chi connectivity index (χ1n) is 7.14. The zero-order valence-electron chi connectivity index (χ0n) is 13.0. The molecule has 0 aliphatic rings. The Hall–Kier alpha value is -2.96. The van der Waals surface area contributed by atoms with Crippen LogP contribution in [0.4, 0.5) is 0 Å². The molecule has 7 heteroatoms. The number of phenolic OH excluding ortho intramolecular Hbond substituents is 2. The van der Waals surface area contributed by atoms with Gasteiger partial charge in [-0.15, -0.1) is 0 Å². The van der Waals surface area contributed by atoms with Crippen molar-refractivity contribution >= 4 is 12.1 Å². The zero-order chi connectivity index (χ0) is 17.2. The molecule has 0 saturated heterocycles. The second-order valence-electron chi connectivity index (χ2n) is 4.63. The molecule has 1 aromatic rings. The largest absolute Gasteiger partial charge is 0.504 e. The van der Waals surface area contributed by atoms with Crippen molar-refractivity contribution in [1.82, 2.24) is 10.6 Å². The molecular formula is C16H22N4O3. The molecule has 7 nitrogen and oxygen atoms in total. The standard InChI is InChI=1S/C16H22N4O3/c1-3-12(15(17)18-4-2)19-8-5-9-20-16(23)11-6-7-13(21)14(22)10-11/h3-4,6-7,10,19,21-22H,1,5,8-9,17H2,2H3,(H,20,23)/b15-12+,18-4?. The summed E-state index contributed by atoms with van der Waals surface area (Å²) >= 11 is 0. The molecule has 23 heavy (non-hydrogen) atoms. The number of benzene rings is 1. The summed E-state index contributed by atoms with van der Waals surface area (Å²) in [6, 6.07) is 3.92. The lowest BCUT2D eigenvalue weighted by atomic mass is 10.2. The van der Waals surface area contributed by atoms with Crippen LogP contribution in [0, 0.1) is 0 Å². The van der Waals surface area contributed by atoms with Crippen molar-refractivity contribution in [3.05, 3.63) is 47.9 Å². The average Bonchev–Trinajstić information content (AvgIpc) is 2.53. The Bertz CT molecular complexity index is 624. The van der Waals surface area contributed by atoms with Crippen molar-refractivity contribution in [2.45, 2.75) is 13.3 Å². The Morgan fingerprint density at radius 1 is 1.30 bits per heavy atom. The number of nitrogens with two attached hydrogens (primary N) is 1. The molecule has 0 bridgehead atoms. The van der Waals surface area contributed by atoms with E-state index >= 15 is 0 Å². The minimum Gasteiger partial charge on any atom is -0.504 e. The molecule has 1 aromatic carbocycles. The third kappa shape index (κ3) is 5.74. The van der Waals surface area contributed by atoms with E-state index < -0.39 is 0 Å². The van der Waals surface area contributed by atoms with Gasteiger partial charge in [-0.1, -0.05) is 6.58 Å². The third-order valence-corrected chi connectivity index (χ3v) is 2.94. The Morgan fingerprint density at radius 2 is 2.00 bits per heavy atom. The Morgan fingerprint density at radius 3 is 2.61 bits per heavy atom. The van der Waals surface area contributed by atoms with E-state index in [2.05, 4.69) is 22.2 Å². The second-order valence-corrected chi connectivity index (χ2v) is 4.63. The third-order valence-electron chi connectivity index (χ3n) is 2.94. The zero-order valence-corrected chi connectivity index (χ0v) is 13.0. The van der Waals surface area contributed by atoms with Crippen molar-refractivity contribution in [3.63, 3.8) is 0 Å². The van der Waals surface area contributed by atoms with E-state index in [-0.39, 0.29) is 23.0 Å². The van der Waals surface area contributed by atoms with E-state index in [4.69, 9.17) is 5.73 Å². The minimum absolute atomic E-state index is 0.262. The second kappa shape index (κ2) is 9.14. The summed E-state index contributed by atoms with van der Waals surface area (Å²) in [5.41, 5.74) is 6.65. The Kier molecular flexibility index (Phi) is 7.19. The molecule has 0 spiro atoms. The highest BCUT2D eigenvalue weighted by Crippen LogP contribution is 2.24. The number of hydrogen-bond acceptors (Lipinski definition) is 6. The van der Waals surface area contributed by atoms with Gasteiger partial charge in [0.25, 0.3) is 5.91 Å². The van der Waals surface area contributed by atoms with Crippen LogP contribution in [-0.4, -0.2) is 35.4 Å². The summed E-state index contributed by atoms with van der Waals surface area (Å²) in [7, 11) is 0. The lowest BCUT2D eigenvalue weighted by Crippen LogP contribution is -2.27. The smallest absolute Gasteiger partial charge is 0.251 e. The number of aromatic hydroxyl groups is 2. The summed E-state index contributed by atoms with van der Waals surface area (Å²) in [6.45, 7) is 6.45. The first-order valence-corrected chi connectivity index (χ1v) is 7.14. The van der Waals surface area contributed by atoms with Crippen LogP contribution in [0.1, 0.15) is 23.7 Å². The van der Waals surface area contributed by atoms with E-state index in [1.807, 2.05) is 0 Å². The van der Waals surface area contributed by atoms with Crippen LogP contribution >= 0.6 is 0 Å². The highest BCUT2D eigenvalue weighted by atomic mass is 16.3. The first-order chi connectivity index (χ1) is 11.0. The van der Waals surface area contributed by atoms with Crippen LogP contribution in [0.5, 0.6) is 11.5 Å². The molecule has 6 N–H and O–H groups in total. The highest BCUT2D eigenvalue weighted by Gasteiger charge is 2.08. The molecule has 1 amide bonds. The van der Waals surface area contributed by atoms with Crippen LogP contribution < -0.4 is 16.4 Å². The van der Waals surface area contributed by atoms with Crippen LogP contribution in [0.2, 0.25) is 0 Å². The van der Waals surface area contributed by atoms with E-state index in [0.717, 1.165) is 0 Å². The van der Waals surface area contributed by atoms with Crippen molar-refractivity contribution < 1.29 is 15.0 Å². The van der Waals surface area contributed by atoms with Gasteiger partial charge in [-0.25, -0.2) is 4.99 Å². The maximum absolute atomic E-state index is 11.9. The van der Waals surface area contributed by atoms with Gasteiger partial charge in [-0.3, -0.25) is 4.79 Å². The van der Waals surface area contributed by atoms with Gasteiger partial charge in [-0.2, -0.15) is 0 Å². The molecule has 0 aliphatic carbocycles. The molecule has 124 valence electrons. The van der Waals surface area contributed by atoms with Gasteiger partial charge in [-0.05, 0) is 37.6 Å². The Labute approximate surface area is 135 Å². The summed E-state index contributed by atoms with van der Waals surface area (Å²) in [4.78, 5) is 15.8. The fourth-order valence-corrected chi connectivity index (χ4v) is 1.76. The lowest BCUT2D eigenvalue weighted by molar-refractivity contribution is 0.0953. The lowest BCUT2D eigenvalue weighted by Gasteiger charge is -2.09. The van der Waals surface area contributed by atoms with E-state index in [9.17, 15) is 15.0 Å². The van der Waals surface area contributed by atoms with Gasteiger partial charge in [0, 0.05) is 24.9 Å². The van der Waals surface area contributed by atoms with Crippen molar-refractivity contribution in [2.24, 2.45) is 10.7 Å². The quantitative estimate of drug-likeness (QED) is 0.214. The van der Waals surface area contributed by atoms with Gasteiger partial charge < -0.3 is 26.6 Å². The molecule has 0 fully saturated rings. The maximum Gasteiger partial charge on any atom is 0.251 e. The predicted octanol–water partition coefficient (Wildman–Crippen LogP) is 1.21. The number of carbonyl (C=O) groups is 1. The maximum atomic E-state index is 11.9. The number of aliphatic imine (C=N–C) groups is 1. The number of nitrogens with zero attached hydrogens (tertiary/aromatic N) is 1. The van der Waals surface area contributed by atoms with Gasteiger partial charge in [0.15, 0.2) is 11.5 Å². The number of phenols is 2. The van der Waals surface area contributed by atoms with Gasteiger partial charge >= 0.3 is 0 Å². The molecule has 1 rings (SSSR count). The van der Waals surface area contributed by atoms with E-state index in [0.29, 0.717) is 31.0 Å². The van der Waals surface area contributed by atoms with Gasteiger partial charge in [0.05, 0.1) is 5.70 Å². The number of amides is 1. The SMILES string of the molecule is C=C/C(NCCCNC(=O)c1ccc(O)c(O)c1)=C(/N)N=CC. The molecule has 0 aromatic heterocycles. The normalized spacial score (nSPS) is 11.9. The number of allylic oxidation sites excluding steroid dienone is 1. The predicted molar refractivity (Wildman–Crippen MR) is 90.3 cm³/mol. The van der Waals surface area contributed by atoms with Crippen molar-refractivity contribution in [1.29, 1.82) is 0 Å². The van der Waals surface area contributed by atoms with Gasteiger partial charge in [0.1, 0.15) is 5.82 Å². The molecular weight excluding hydrogens is 296 g/mol. The summed E-state index contributed by atoms with van der Waals surface area (Å²) in [5, 5.41) is 24.4. The molecule has 0 atom stereocenters. The van der Waals surface area contributed by atoms with Crippen LogP contribution in [0.25, 0.3) is 0 Å². The molecule has 0 aliphatic heterocycles. The minimum atomic E-state index is -0.327. The van der Waals surface area contributed by atoms with Gasteiger partial charge in [0.2, 0.25) is 0 Å². The molecule has 0 heterocycles. The summed E-state index contributed by atoms with van der Waals surface area (Å²) in [6.07, 6.45) is 3.84. The number of carbonyl (C=O) groups excluding carboxylic acids is 1. The topological polar surface area (TPSA) is 120 Å². The number of hydrogen-bond donors (Lipinski definition) is 5. The first kappa shape index (κ1) is 18.1. The van der Waals surface area contributed by atoms with Crippen LogP contribution in [0.15, 0.2) is 47.4 Å². The highest BCUT2D eigenvalue weighted by molar-refractivity contribution is 5.94. The molecule has 0 saturated carbocycles. The summed E-state index contributed by atoms with van der Waals surface area (Å²) < 4.78 is 0. The fourth-order valence-electron chi connectivity index (χ4n) is 1.76. The van der Waals surface area contributed by atoms with E-state index in [1.54, 1.807) is 19.2 Å². The fraction of sp³-hybridized carbons (Fsp3) is 0.250. The van der Waals surface area contributed by atoms with Crippen LogP contribution in [-0.2, 0) is 0 Å². The number of nitrogens with one attached hydrogen (secondary N) is 2. The van der Waals surface area contributed by atoms with E-state index in [1.165, 1.54) is 18.2 Å².